The quantitative estimate of drug-likeness (QED) is 0.752. The van der Waals surface area contributed by atoms with Gasteiger partial charge in [0.1, 0.15) is 0 Å². The van der Waals surface area contributed by atoms with Gasteiger partial charge in [-0.25, -0.2) is 0 Å². The van der Waals surface area contributed by atoms with Crippen molar-refractivity contribution in [2.24, 2.45) is 5.92 Å². The van der Waals surface area contributed by atoms with Gasteiger partial charge in [-0.1, -0.05) is 45.2 Å². The van der Waals surface area contributed by atoms with Crippen molar-refractivity contribution >= 4 is 17.3 Å². The lowest BCUT2D eigenvalue weighted by molar-refractivity contribution is 0.226. The van der Waals surface area contributed by atoms with E-state index in [-0.39, 0.29) is 0 Å². The van der Waals surface area contributed by atoms with E-state index in [1.807, 2.05) is 18.2 Å². The molecule has 0 bridgehead atoms. The lowest BCUT2D eigenvalue weighted by Crippen LogP contribution is -2.28. The van der Waals surface area contributed by atoms with Crippen LogP contribution < -0.4 is 5.73 Å². The maximum atomic E-state index is 6.22. The molecule has 0 fully saturated rings. The highest BCUT2D eigenvalue weighted by Crippen LogP contribution is 2.21. The van der Waals surface area contributed by atoms with Crippen LogP contribution in [-0.4, -0.2) is 18.0 Å². The number of hydrogen-bond acceptors (Lipinski definition) is 2. The molecule has 0 saturated carbocycles. The van der Waals surface area contributed by atoms with Gasteiger partial charge in [-0.15, -0.1) is 0 Å². The van der Waals surface area contributed by atoms with Gasteiger partial charge >= 0.3 is 0 Å². The largest absolute Gasteiger partial charge is 0.399 e. The van der Waals surface area contributed by atoms with Gasteiger partial charge in [-0.2, -0.15) is 0 Å². The number of hydrogen-bond donors (Lipinski definition) is 1. The Labute approximate surface area is 116 Å². The summed E-state index contributed by atoms with van der Waals surface area (Å²) in [6, 6.07) is 5.72. The van der Waals surface area contributed by atoms with E-state index in [1.54, 1.807) is 0 Å². The average molecular weight is 269 g/mol. The van der Waals surface area contributed by atoms with Crippen LogP contribution in [0.4, 0.5) is 5.69 Å². The number of rotatable bonds is 7. The Morgan fingerprint density at radius 3 is 2.44 bits per heavy atom. The molecule has 0 atom stereocenters. The van der Waals surface area contributed by atoms with E-state index in [9.17, 15) is 0 Å². The average Bonchev–Trinajstić information content (AvgIpc) is 2.38. The summed E-state index contributed by atoms with van der Waals surface area (Å²) in [4.78, 5) is 2.44. The van der Waals surface area contributed by atoms with Crippen LogP contribution in [0, 0.1) is 5.92 Å². The Morgan fingerprint density at radius 1 is 1.22 bits per heavy atom. The van der Waals surface area contributed by atoms with Gasteiger partial charge < -0.3 is 5.73 Å². The van der Waals surface area contributed by atoms with Crippen molar-refractivity contribution in [3.8, 4) is 0 Å². The number of nitrogen functional groups attached to an aromatic ring is 1. The fourth-order valence-electron chi connectivity index (χ4n) is 2.17. The SMILES string of the molecule is CCC(CC)CN(CC)Cc1cc(N)ccc1Cl. The van der Waals surface area contributed by atoms with Crippen molar-refractivity contribution in [3.05, 3.63) is 28.8 Å². The summed E-state index contributed by atoms with van der Waals surface area (Å²) in [5.74, 6) is 0.768. The second-order valence-corrected chi connectivity index (χ2v) is 5.27. The molecule has 1 aromatic rings. The van der Waals surface area contributed by atoms with Crippen molar-refractivity contribution < 1.29 is 0 Å². The number of benzene rings is 1. The van der Waals surface area contributed by atoms with Crippen molar-refractivity contribution in [3.63, 3.8) is 0 Å². The van der Waals surface area contributed by atoms with Gasteiger partial charge in [0.25, 0.3) is 0 Å². The van der Waals surface area contributed by atoms with E-state index in [4.69, 9.17) is 17.3 Å². The Kier molecular flexibility index (Phi) is 6.51. The molecule has 0 amide bonds. The van der Waals surface area contributed by atoms with Gasteiger partial charge in [0.2, 0.25) is 0 Å². The van der Waals surface area contributed by atoms with E-state index >= 15 is 0 Å². The van der Waals surface area contributed by atoms with E-state index < -0.39 is 0 Å². The molecule has 0 spiro atoms. The maximum Gasteiger partial charge on any atom is 0.0452 e. The Hall–Kier alpha value is -0.730. The Bertz CT molecular complexity index is 362. The summed E-state index contributed by atoms with van der Waals surface area (Å²) < 4.78 is 0. The molecule has 102 valence electrons. The molecule has 0 heterocycles. The fraction of sp³-hybridized carbons (Fsp3) is 0.600. The second kappa shape index (κ2) is 7.65. The predicted molar refractivity (Wildman–Crippen MR) is 80.9 cm³/mol. The highest BCUT2D eigenvalue weighted by molar-refractivity contribution is 6.31. The molecule has 2 nitrogen and oxygen atoms in total. The van der Waals surface area contributed by atoms with Gasteiger partial charge in [0.15, 0.2) is 0 Å². The van der Waals surface area contributed by atoms with Crippen LogP contribution in [0.3, 0.4) is 0 Å². The Balaban J connectivity index is 2.70. The lowest BCUT2D eigenvalue weighted by atomic mass is 10.0. The summed E-state index contributed by atoms with van der Waals surface area (Å²) >= 11 is 6.22. The smallest absolute Gasteiger partial charge is 0.0452 e. The third kappa shape index (κ3) is 4.51. The first-order valence-electron chi connectivity index (χ1n) is 6.86. The molecule has 0 aliphatic carbocycles. The first kappa shape index (κ1) is 15.3. The summed E-state index contributed by atoms with van der Waals surface area (Å²) in [6.45, 7) is 9.78. The molecule has 3 heteroatoms. The zero-order valence-corrected chi connectivity index (χ0v) is 12.5. The topological polar surface area (TPSA) is 29.3 Å². The summed E-state index contributed by atoms with van der Waals surface area (Å²) in [5, 5.41) is 0.812. The van der Waals surface area contributed by atoms with Crippen molar-refractivity contribution in [2.45, 2.75) is 40.2 Å². The van der Waals surface area contributed by atoms with Crippen molar-refractivity contribution in [2.75, 3.05) is 18.8 Å². The van der Waals surface area contributed by atoms with Crippen LogP contribution in [0.15, 0.2) is 18.2 Å². The van der Waals surface area contributed by atoms with Crippen LogP contribution in [0.2, 0.25) is 5.02 Å². The van der Waals surface area contributed by atoms with Gasteiger partial charge in [0, 0.05) is 23.8 Å². The van der Waals surface area contributed by atoms with Crippen molar-refractivity contribution in [1.82, 2.24) is 4.90 Å². The molecule has 0 aliphatic rings. The predicted octanol–water partition coefficient (Wildman–Crippen LogP) is 4.18. The molecule has 0 radical (unpaired) electrons. The second-order valence-electron chi connectivity index (χ2n) is 4.86. The van der Waals surface area contributed by atoms with Gasteiger partial charge in [0.05, 0.1) is 0 Å². The van der Waals surface area contributed by atoms with Crippen LogP contribution >= 0.6 is 11.6 Å². The molecule has 1 rings (SSSR count). The minimum atomic E-state index is 0.768. The third-order valence-electron chi connectivity index (χ3n) is 3.58. The van der Waals surface area contributed by atoms with Gasteiger partial charge in [-0.05, 0) is 36.2 Å². The van der Waals surface area contributed by atoms with Crippen molar-refractivity contribution in [1.29, 1.82) is 0 Å². The summed E-state index contributed by atoms with van der Waals surface area (Å²) in [6.07, 6.45) is 2.47. The molecule has 2 N–H and O–H groups in total. The van der Waals surface area contributed by atoms with E-state index in [2.05, 4.69) is 25.7 Å². The first-order valence-corrected chi connectivity index (χ1v) is 7.24. The van der Waals surface area contributed by atoms with Gasteiger partial charge in [-0.3, -0.25) is 4.90 Å². The highest BCUT2D eigenvalue weighted by atomic mass is 35.5. The van der Waals surface area contributed by atoms with Crippen LogP contribution in [0.1, 0.15) is 39.2 Å². The molecular formula is C15H25ClN2. The third-order valence-corrected chi connectivity index (χ3v) is 3.95. The number of nitrogens with zero attached hydrogens (tertiary/aromatic N) is 1. The standard InChI is InChI=1S/C15H25ClN2/c1-4-12(5-2)10-18(6-3)11-13-9-14(17)7-8-15(13)16/h7-9,12H,4-6,10-11,17H2,1-3H3. The molecule has 18 heavy (non-hydrogen) atoms. The zero-order valence-electron chi connectivity index (χ0n) is 11.7. The minimum absolute atomic E-state index is 0.768. The van der Waals surface area contributed by atoms with E-state index in [1.165, 1.54) is 12.8 Å². The summed E-state index contributed by atoms with van der Waals surface area (Å²) in [5.41, 5.74) is 7.74. The molecule has 1 aromatic carbocycles. The minimum Gasteiger partial charge on any atom is -0.399 e. The monoisotopic (exact) mass is 268 g/mol. The van der Waals surface area contributed by atoms with E-state index in [0.29, 0.717) is 0 Å². The molecular weight excluding hydrogens is 244 g/mol. The van der Waals surface area contributed by atoms with Crippen LogP contribution in [-0.2, 0) is 6.54 Å². The summed E-state index contributed by atoms with van der Waals surface area (Å²) in [7, 11) is 0. The molecule has 0 unspecified atom stereocenters. The number of nitrogens with two attached hydrogens (primary N) is 1. The first-order chi connectivity index (χ1) is 8.60. The lowest BCUT2D eigenvalue weighted by Gasteiger charge is -2.25. The molecule has 0 aliphatic heterocycles. The Morgan fingerprint density at radius 2 is 1.89 bits per heavy atom. The zero-order chi connectivity index (χ0) is 13.5. The number of halogens is 1. The normalized spacial score (nSPS) is 11.4. The molecule has 0 aromatic heterocycles. The maximum absolute atomic E-state index is 6.22. The fourth-order valence-corrected chi connectivity index (χ4v) is 2.35. The molecule has 0 saturated heterocycles. The highest BCUT2D eigenvalue weighted by Gasteiger charge is 2.12. The van der Waals surface area contributed by atoms with Crippen LogP contribution in [0.5, 0.6) is 0 Å². The van der Waals surface area contributed by atoms with E-state index in [0.717, 1.165) is 41.8 Å². The van der Waals surface area contributed by atoms with Crippen LogP contribution in [0.25, 0.3) is 0 Å². The number of anilines is 1.